The number of hydrogen-bond donors (Lipinski definition) is 2. The van der Waals surface area contributed by atoms with E-state index in [1.807, 2.05) is 42.4 Å². The zero-order valence-electron chi connectivity index (χ0n) is 18.1. The van der Waals surface area contributed by atoms with Gasteiger partial charge in [0.05, 0.1) is 6.04 Å². The van der Waals surface area contributed by atoms with Gasteiger partial charge in [-0.2, -0.15) is 0 Å². The monoisotopic (exact) mass is 422 g/mol. The fraction of sp³-hybridized carbons (Fsp3) is 0.222. The van der Waals surface area contributed by atoms with E-state index in [0.717, 1.165) is 48.3 Å². The summed E-state index contributed by atoms with van der Waals surface area (Å²) in [5, 5.41) is 4.36. The number of amides is 1. The molecular weight excluding hydrogens is 396 g/mol. The molecule has 1 fully saturated rings. The van der Waals surface area contributed by atoms with Gasteiger partial charge in [0.2, 0.25) is 0 Å². The van der Waals surface area contributed by atoms with Gasteiger partial charge < -0.3 is 15.2 Å². The Labute approximate surface area is 187 Å². The Hall–Kier alpha value is -3.57. The zero-order chi connectivity index (χ0) is 21.7. The van der Waals surface area contributed by atoms with Crippen LogP contribution in [0.15, 0.2) is 72.9 Å². The average molecular weight is 423 g/mol. The molecule has 5 heteroatoms. The number of nitrogens with one attached hydrogen (secondary N) is 2. The molecule has 2 aliphatic rings. The fourth-order valence-electron chi connectivity index (χ4n) is 5.28. The summed E-state index contributed by atoms with van der Waals surface area (Å²) in [5.74, 6) is 0.123. The third-order valence-electron chi connectivity index (χ3n) is 6.95. The van der Waals surface area contributed by atoms with Crippen molar-refractivity contribution in [3.63, 3.8) is 0 Å². The van der Waals surface area contributed by atoms with Crippen LogP contribution in [0, 0.1) is 0 Å². The van der Waals surface area contributed by atoms with Crippen molar-refractivity contribution in [2.24, 2.45) is 0 Å². The first-order valence-electron chi connectivity index (χ1n) is 11.2. The summed E-state index contributed by atoms with van der Waals surface area (Å²) >= 11 is 0. The second-order valence-electron chi connectivity index (χ2n) is 8.65. The molecule has 1 saturated heterocycles. The fourth-order valence-corrected chi connectivity index (χ4v) is 5.28. The molecule has 1 aliphatic heterocycles. The van der Waals surface area contributed by atoms with Gasteiger partial charge in [-0.1, -0.05) is 30.3 Å². The van der Waals surface area contributed by atoms with Gasteiger partial charge in [-0.3, -0.25) is 9.69 Å². The number of fused-ring (bicyclic) bond motifs is 4. The lowest BCUT2D eigenvalue weighted by atomic mass is 10.0. The smallest absolute Gasteiger partial charge is 0.253 e. The van der Waals surface area contributed by atoms with E-state index < -0.39 is 0 Å². The molecule has 32 heavy (non-hydrogen) atoms. The normalized spacial score (nSPS) is 17.9. The largest absolute Gasteiger partial charge is 0.388 e. The highest BCUT2D eigenvalue weighted by molar-refractivity contribution is 5.98. The van der Waals surface area contributed by atoms with Gasteiger partial charge in [0.25, 0.3) is 5.91 Å². The Morgan fingerprint density at radius 3 is 2.56 bits per heavy atom. The number of hydrogen-bond acceptors (Lipinski definition) is 3. The number of nitrogens with zero attached hydrogens (tertiary/aromatic N) is 2. The van der Waals surface area contributed by atoms with E-state index in [1.54, 1.807) is 0 Å². The Balaban J connectivity index is 1.25. The van der Waals surface area contributed by atoms with Gasteiger partial charge >= 0.3 is 0 Å². The van der Waals surface area contributed by atoms with Crippen LogP contribution in [0.25, 0.3) is 22.0 Å². The first-order chi connectivity index (χ1) is 15.7. The van der Waals surface area contributed by atoms with Crippen LogP contribution in [0.1, 0.15) is 27.5 Å². The summed E-state index contributed by atoms with van der Waals surface area (Å²) < 4.78 is 0. The van der Waals surface area contributed by atoms with Crippen LogP contribution >= 0.6 is 0 Å². The van der Waals surface area contributed by atoms with E-state index in [4.69, 9.17) is 0 Å². The molecule has 0 bridgehead atoms. The van der Waals surface area contributed by atoms with Crippen LogP contribution < -0.4 is 5.32 Å². The minimum absolute atomic E-state index is 0.123. The number of carbonyl (C=O) groups excluding carboxylic acids is 1. The molecule has 2 heterocycles. The number of piperazine rings is 1. The predicted molar refractivity (Wildman–Crippen MR) is 129 cm³/mol. The highest BCUT2D eigenvalue weighted by Gasteiger charge is 2.35. The first kappa shape index (κ1) is 19.1. The molecule has 0 spiro atoms. The second-order valence-corrected chi connectivity index (χ2v) is 8.65. The van der Waals surface area contributed by atoms with E-state index in [-0.39, 0.29) is 11.9 Å². The molecule has 160 valence electrons. The average Bonchev–Trinajstić information content (AvgIpc) is 3.45. The Morgan fingerprint density at radius 1 is 0.906 bits per heavy atom. The lowest BCUT2D eigenvalue weighted by molar-refractivity contribution is 0.0600. The van der Waals surface area contributed by atoms with Crippen molar-refractivity contribution in [1.29, 1.82) is 0 Å². The summed E-state index contributed by atoms with van der Waals surface area (Å²) in [5.41, 5.74) is 8.34. The molecule has 0 radical (unpaired) electrons. The van der Waals surface area contributed by atoms with Crippen molar-refractivity contribution < 1.29 is 4.79 Å². The summed E-state index contributed by atoms with van der Waals surface area (Å²) in [7, 11) is 1.97. The van der Waals surface area contributed by atoms with E-state index in [0.29, 0.717) is 0 Å². The molecule has 4 aromatic rings. The number of H-pyrrole nitrogens is 1. The number of benzene rings is 3. The van der Waals surface area contributed by atoms with Crippen LogP contribution in [0.4, 0.5) is 5.69 Å². The zero-order valence-corrected chi connectivity index (χ0v) is 18.1. The standard InChI is InChI=1S/C27H26N4O/c1-28-20-7-8-22-21-4-2-3-5-23(21)26(24(22)17-20)30-12-14-31(15-13-30)27(32)19-6-9-25-18(16-19)10-11-29-25/h2-11,16-17,26,28-29H,12-15H2,1H3. The molecule has 1 amide bonds. The SMILES string of the molecule is CNc1ccc2c(c1)C(N1CCN(C(=O)c3ccc4[nH]ccc4c3)CC1)c1ccccc1-2. The van der Waals surface area contributed by atoms with Gasteiger partial charge in [0, 0.05) is 61.6 Å². The summed E-state index contributed by atoms with van der Waals surface area (Å²) in [6.45, 7) is 3.20. The van der Waals surface area contributed by atoms with Gasteiger partial charge in [0.1, 0.15) is 0 Å². The first-order valence-corrected chi connectivity index (χ1v) is 11.2. The summed E-state index contributed by atoms with van der Waals surface area (Å²) in [6.07, 6.45) is 1.91. The number of anilines is 1. The molecule has 3 aromatic carbocycles. The van der Waals surface area contributed by atoms with Gasteiger partial charge in [-0.25, -0.2) is 0 Å². The van der Waals surface area contributed by atoms with Crippen LogP contribution in [0.3, 0.4) is 0 Å². The van der Waals surface area contributed by atoms with Crippen molar-refractivity contribution in [2.45, 2.75) is 6.04 Å². The van der Waals surface area contributed by atoms with Gasteiger partial charge in [-0.15, -0.1) is 0 Å². The van der Waals surface area contributed by atoms with Crippen molar-refractivity contribution in [3.8, 4) is 11.1 Å². The number of rotatable bonds is 3. The molecule has 1 aromatic heterocycles. The quantitative estimate of drug-likeness (QED) is 0.502. The Morgan fingerprint density at radius 2 is 1.72 bits per heavy atom. The molecule has 1 unspecified atom stereocenters. The molecule has 5 nitrogen and oxygen atoms in total. The number of aromatic amines is 1. The lowest BCUT2D eigenvalue weighted by Gasteiger charge is -2.38. The molecule has 0 saturated carbocycles. The van der Waals surface area contributed by atoms with Crippen LogP contribution in [-0.4, -0.2) is 53.9 Å². The Kier molecular flexibility index (Phi) is 4.51. The lowest BCUT2D eigenvalue weighted by Crippen LogP contribution is -2.49. The predicted octanol–water partition coefficient (Wildman–Crippen LogP) is 4.74. The number of aromatic nitrogens is 1. The van der Waals surface area contributed by atoms with E-state index in [1.165, 1.54) is 22.3 Å². The third-order valence-corrected chi connectivity index (χ3v) is 6.95. The molecule has 1 aliphatic carbocycles. The Bertz CT molecular complexity index is 1320. The van der Waals surface area contributed by atoms with Gasteiger partial charge in [-0.05, 0) is 58.7 Å². The van der Waals surface area contributed by atoms with Gasteiger partial charge in [0.15, 0.2) is 0 Å². The van der Waals surface area contributed by atoms with Crippen LogP contribution in [0.5, 0.6) is 0 Å². The maximum absolute atomic E-state index is 13.2. The topological polar surface area (TPSA) is 51.4 Å². The van der Waals surface area contributed by atoms with E-state index >= 15 is 0 Å². The van der Waals surface area contributed by atoms with Crippen molar-refractivity contribution in [1.82, 2.24) is 14.8 Å². The van der Waals surface area contributed by atoms with Crippen molar-refractivity contribution in [3.05, 3.63) is 89.6 Å². The van der Waals surface area contributed by atoms with Crippen LogP contribution in [0.2, 0.25) is 0 Å². The van der Waals surface area contributed by atoms with Crippen LogP contribution in [-0.2, 0) is 0 Å². The van der Waals surface area contributed by atoms with Crippen molar-refractivity contribution in [2.75, 3.05) is 38.5 Å². The minimum atomic E-state index is 0.123. The highest BCUT2D eigenvalue weighted by atomic mass is 16.2. The maximum atomic E-state index is 13.2. The summed E-state index contributed by atoms with van der Waals surface area (Å²) in [4.78, 5) is 20.9. The molecule has 6 rings (SSSR count). The van der Waals surface area contributed by atoms with Crippen molar-refractivity contribution >= 4 is 22.5 Å². The minimum Gasteiger partial charge on any atom is -0.388 e. The maximum Gasteiger partial charge on any atom is 0.253 e. The van der Waals surface area contributed by atoms with E-state index in [2.05, 4.69) is 57.7 Å². The molecular formula is C27H26N4O. The molecule has 1 atom stereocenters. The highest BCUT2D eigenvalue weighted by Crippen LogP contribution is 2.47. The second kappa shape index (κ2) is 7.53. The van der Waals surface area contributed by atoms with E-state index in [9.17, 15) is 4.79 Å². The molecule has 2 N–H and O–H groups in total. The number of carbonyl (C=O) groups is 1. The summed E-state index contributed by atoms with van der Waals surface area (Å²) in [6, 6.07) is 23.6. The third kappa shape index (κ3) is 3.00.